The van der Waals surface area contributed by atoms with E-state index in [2.05, 4.69) is 27.1 Å². The van der Waals surface area contributed by atoms with E-state index in [-0.39, 0.29) is 10.4 Å². The number of nitrogens with one attached hydrogen (secondary N) is 1. The smallest absolute Gasteiger partial charge is 0.245 e. The Balaban J connectivity index is 2.36. The largest absolute Gasteiger partial charge is 0.367 e. The van der Waals surface area contributed by atoms with Gasteiger partial charge in [-0.2, -0.15) is 16.7 Å². The van der Waals surface area contributed by atoms with Crippen LogP contribution in [0.3, 0.4) is 0 Å². The maximum Gasteiger partial charge on any atom is 0.245 e. The highest BCUT2D eigenvalue weighted by molar-refractivity contribution is 7.99. The maximum absolute atomic E-state index is 5.76. The van der Waals surface area contributed by atoms with Crippen molar-refractivity contribution in [1.82, 2.24) is 15.2 Å². The van der Waals surface area contributed by atoms with Crippen LogP contribution >= 0.6 is 35.0 Å². The SMILES string of the molecule is C=CCSCCNc1nc(Cl)nnc1Cl. The van der Waals surface area contributed by atoms with Crippen LogP contribution in [0.1, 0.15) is 0 Å². The monoisotopic (exact) mass is 264 g/mol. The molecule has 0 amide bonds. The summed E-state index contributed by atoms with van der Waals surface area (Å²) in [6.07, 6.45) is 1.86. The summed E-state index contributed by atoms with van der Waals surface area (Å²) in [5.41, 5.74) is 0. The molecule has 0 saturated carbocycles. The summed E-state index contributed by atoms with van der Waals surface area (Å²) in [5.74, 6) is 2.33. The lowest BCUT2D eigenvalue weighted by atomic mass is 10.6. The van der Waals surface area contributed by atoms with Gasteiger partial charge in [-0.05, 0) is 11.6 Å². The van der Waals surface area contributed by atoms with Crippen LogP contribution in [0, 0.1) is 0 Å². The number of hydrogen-bond acceptors (Lipinski definition) is 5. The van der Waals surface area contributed by atoms with Crippen molar-refractivity contribution in [2.45, 2.75) is 0 Å². The fourth-order valence-electron chi connectivity index (χ4n) is 0.814. The van der Waals surface area contributed by atoms with E-state index in [0.717, 1.165) is 18.1 Å². The molecule has 0 aromatic carbocycles. The molecule has 1 rings (SSSR count). The van der Waals surface area contributed by atoms with E-state index in [1.807, 2.05) is 6.08 Å². The van der Waals surface area contributed by atoms with E-state index in [0.29, 0.717) is 5.82 Å². The van der Waals surface area contributed by atoms with Gasteiger partial charge in [0.15, 0.2) is 11.0 Å². The predicted molar refractivity (Wildman–Crippen MR) is 65.9 cm³/mol. The zero-order chi connectivity index (χ0) is 11.1. The lowest BCUT2D eigenvalue weighted by Crippen LogP contribution is -2.08. The molecule has 15 heavy (non-hydrogen) atoms. The van der Waals surface area contributed by atoms with Gasteiger partial charge in [0.2, 0.25) is 5.28 Å². The molecule has 0 bridgehead atoms. The predicted octanol–water partition coefficient (Wildman–Crippen LogP) is 2.51. The Morgan fingerprint density at radius 1 is 1.40 bits per heavy atom. The minimum Gasteiger partial charge on any atom is -0.367 e. The number of nitrogens with zero attached hydrogens (tertiary/aromatic N) is 3. The highest BCUT2D eigenvalue weighted by Gasteiger charge is 2.04. The average molecular weight is 265 g/mol. The van der Waals surface area contributed by atoms with Crippen LogP contribution in [0.4, 0.5) is 5.82 Å². The van der Waals surface area contributed by atoms with E-state index >= 15 is 0 Å². The number of aromatic nitrogens is 3. The van der Waals surface area contributed by atoms with Crippen LogP contribution in [0.5, 0.6) is 0 Å². The molecule has 0 atom stereocenters. The highest BCUT2D eigenvalue weighted by Crippen LogP contribution is 2.16. The third-order valence-electron chi connectivity index (χ3n) is 1.39. The zero-order valence-corrected chi connectivity index (χ0v) is 10.2. The van der Waals surface area contributed by atoms with Crippen molar-refractivity contribution < 1.29 is 0 Å². The molecule has 1 aromatic rings. The summed E-state index contributed by atoms with van der Waals surface area (Å²) in [6.45, 7) is 4.38. The van der Waals surface area contributed by atoms with Crippen LogP contribution in [0.15, 0.2) is 12.7 Å². The second kappa shape index (κ2) is 6.87. The van der Waals surface area contributed by atoms with E-state index in [1.54, 1.807) is 11.8 Å². The van der Waals surface area contributed by atoms with Gasteiger partial charge in [0.25, 0.3) is 0 Å². The Labute approximate surface area is 102 Å². The van der Waals surface area contributed by atoms with Crippen molar-refractivity contribution >= 4 is 40.8 Å². The van der Waals surface area contributed by atoms with Crippen LogP contribution in [0.2, 0.25) is 10.4 Å². The lowest BCUT2D eigenvalue weighted by molar-refractivity contribution is 0.964. The fourth-order valence-corrected chi connectivity index (χ4v) is 1.66. The van der Waals surface area contributed by atoms with Gasteiger partial charge in [-0.15, -0.1) is 16.8 Å². The van der Waals surface area contributed by atoms with Crippen molar-refractivity contribution in [3.63, 3.8) is 0 Å². The molecule has 1 N–H and O–H groups in total. The number of halogens is 2. The van der Waals surface area contributed by atoms with Crippen molar-refractivity contribution in [1.29, 1.82) is 0 Å². The van der Waals surface area contributed by atoms with Gasteiger partial charge in [-0.25, -0.2) is 0 Å². The first kappa shape index (κ1) is 12.5. The molecule has 0 fully saturated rings. The van der Waals surface area contributed by atoms with E-state index in [4.69, 9.17) is 23.2 Å². The van der Waals surface area contributed by atoms with Gasteiger partial charge in [0, 0.05) is 18.1 Å². The number of thioether (sulfide) groups is 1. The van der Waals surface area contributed by atoms with Crippen LogP contribution < -0.4 is 5.32 Å². The number of hydrogen-bond donors (Lipinski definition) is 1. The lowest BCUT2D eigenvalue weighted by Gasteiger charge is -2.05. The standard InChI is InChI=1S/C8H10Cl2N4S/c1-2-4-15-5-3-11-7-6(9)13-14-8(10)12-7/h2H,1,3-5H2,(H,11,12,14). The van der Waals surface area contributed by atoms with Gasteiger partial charge < -0.3 is 5.32 Å². The molecule has 0 unspecified atom stereocenters. The first-order valence-electron chi connectivity index (χ1n) is 4.22. The molecule has 4 nitrogen and oxygen atoms in total. The van der Waals surface area contributed by atoms with Crippen LogP contribution in [0.25, 0.3) is 0 Å². The molecule has 0 saturated heterocycles. The molecule has 7 heteroatoms. The second-order valence-corrected chi connectivity index (χ2v) is 4.36. The molecule has 0 aliphatic heterocycles. The van der Waals surface area contributed by atoms with Crippen molar-refractivity contribution in [3.05, 3.63) is 23.1 Å². The van der Waals surface area contributed by atoms with E-state index < -0.39 is 0 Å². The quantitative estimate of drug-likeness (QED) is 0.632. The first-order chi connectivity index (χ1) is 7.24. The van der Waals surface area contributed by atoms with Crippen molar-refractivity contribution in [3.8, 4) is 0 Å². The minimum absolute atomic E-state index is 0.0839. The van der Waals surface area contributed by atoms with Gasteiger partial charge in [-0.1, -0.05) is 17.7 Å². The Morgan fingerprint density at radius 3 is 2.93 bits per heavy atom. The van der Waals surface area contributed by atoms with E-state index in [1.165, 1.54) is 0 Å². The number of rotatable bonds is 6. The molecular formula is C8H10Cl2N4S. The van der Waals surface area contributed by atoms with Crippen LogP contribution in [-0.2, 0) is 0 Å². The molecule has 0 aliphatic rings. The molecule has 1 heterocycles. The number of anilines is 1. The summed E-state index contributed by atoms with van der Waals surface area (Å²) in [5, 5.41) is 10.5. The Kier molecular flexibility index (Phi) is 5.75. The highest BCUT2D eigenvalue weighted by atomic mass is 35.5. The molecular weight excluding hydrogens is 255 g/mol. The van der Waals surface area contributed by atoms with Crippen molar-refractivity contribution in [2.24, 2.45) is 0 Å². The normalized spacial score (nSPS) is 10.0. The third kappa shape index (κ3) is 4.68. The Bertz CT molecular complexity index is 334. The second-order valence-electron chi connectivity index (χ2n) is 2.51. The minimum atomic E-state index is 0.0839. The van der Waals surface area contributed by atoms with Gasteiger partial charge in [0.1, 0.15) is 0 Å². The van der Waals surface area contributed by atoms with Gasteiger partial charge >= 0.3 is 0 Å². The molecule has 0 spiro atoms. The van der Waals surface area contributed by atoms with Gasteiger partial charge in [0.05, 0.1) is 0 Å². The van der Waals surface area contributed by atoms with Gasteiger partial charge in [-0.3, -0.25) is 0 Å². The fraction of sp³-hybridized carbons (Fsp3) is 0.375. The Morgan fingerprint density at radius 2 is 2.20 bits per heavy atom. The van der Waals surface area contributed by atoms with Crippen molar-refractivity contribution in [2.75, 3.05) is 23.4 Å². The Hall–Kier alpha value is -0.520. The average Bonchev–Trinajstić information content (AvgIpc) is 2.23. The van der Waals surface area contributed by atoms with E-state index in [9.17, 15) is 0 Å². The molecule has 82 valence electrons. The van der Waals surface area contributed by atoms with Crippen LogP contribution in [-0.4, -0.2) is 33.2 Å². The first-order valence-corrected chi connectivity index (χ1v) is 6.13. The topological polar surface area (TPSA) is 50.7 Å². The summed E-state index contributed by atoms with van der Waals surface area (Å²) in [7, 11) is 0. The summed E-state index contributed by atoms with van der Waals surface area (Å²) < 4.78 is 0. The molecule has 1 aromatic heterocycles. The summed E-state index contributed by atoms with van der Waals surface area (Å²) in [6, 6.07) is 0. The third-order valence-corrected chi connectivity index (χ3v) is 2.77. The summed E-state index contributed by atoms with van der Waals surface area (Å²) in [4.78, 5) is 3.91. The maximum atomic E-state index is 5.76. The molecule has 0 aliphatic carbocycles. The molecule has 0 radical (unpaired) electrons. The zero-order valence-electron chi connectivity index (χ0n) is 7.91. The summed E-state index contributed by atoms with van der Waals surface area (Å²) >= 11 is 13.1.